The lowest BCUT2D eigenvalue weighted by atomic mass is 10.1. The predicted octanol–water partition coefficient (Wildman–Crippen LogP) is 7.93. The minimum Gasteiger partial charge on any atom is -0.309 e. The van der Waals surface area contributed by atoms with Gasteiger partial charge in [0.15, 0.2) is 0 Å². The molecule has 7 heteroatoms. The van der Waals surface area contributed by atoms with Gasteiger partial charge in [-0.05, 0) is 53.6 Å². The van der Waals surface area contributed by atoms with E-state index in [1.165, 1.54) is 12.1 Å². The molecule has 1 heterocycles. The number of aromatic nitrogens is 1. The largest absolute Gasteiger partial charge is 0.309 e. The van der Waals surface area contributed by atoms with Gasteiger partial charge in [-0.3, -0.25) is 15.5 Å². The number of nitro benzene ring substituents is 1. The van der Waals surface area contributed by atoms with Gasteiger partial charge in [-0.1, -0.05) is 76.6 Å². The molecule has 0 aliphatic heterocycles. The number of benzene rings is 4. The average Bonchev–Trinajstić information content (AvgIpc) is 3.30. The van der Waals surface area contributed by atoms with Crippen molar-refractivity contribution in [2.45, 2.75) is 0 Å². The van der Waals surface area contributed by atoms with Crippen LogP contribution in [0, 0.1) is 10.1 Å². The third kappa shape index (κ3) is 4.96. The van der Waals surface area contributed by atoms with Gasteiger partial charge < -0.3 is 4.57 Å². The molecule has 5 aromatic rings. The van der Waals surface area contributed by atoms with Crippen LogP contribution in [0.25, 0.3) is 28.2 Å². The van der Waals surface area contributed by atoms with E-state index in [9.17, 15) is 10.1 Å². The van der Waals surface area contributed by atoms with Crippen LogP contribution in [0.5, 0.6) is 0 Å². The molecule has 0 aliphatic carbocycles. The maximum Gasteiger partial charge on any atom is 0.269 e. The number of halogens is 1. The average molecular weight is 537 g/mol. The van der Waals surface area contributed by atoms with Gasteiger partial charge in [0.2, 0.25) is 0 Å². The first-order valence-electron chi connectivity index (χ1n) is 11.3. The van der Waals surface area contributed by atoms with Crippen LogP contribution in [-0.2, 0) is 0 Å². The third-order valence-electron chi connectivity index (χ3n) is 5.71. The summed E-state index contributed by atoms with van der Waals surface area (Å²) in [6.45, 7) is 0. The van der Waals surface area contributed by atoms with E-state index in [0.29, 0.717) is 5.69 Å². The molecule has 0 radical (unpaired) electrons. The van der Waals surface area contributed by atoms with E-state index in [-0.39, 0.29) is 5.69 Å². The van der Waals surface area contributed by atoms with Crippen LogP contribution in [0.3, 0.4) is 0 Å². The van der Waals surface area contributed by atoms with Gasteiger partial charge in [0.25, 0.3) is 5.69 Å². The van der Waals surface area contributed by atoms with E-state index >= 15 is 0 Å². The van der Waals surface area contributed by atoms with Crippen LogP contribution >= 0.6 is 15.9 Å². The predicted molar refractivity (Wildman–Crippen MR) is 149 cm³/mol. The van der Waals surface area contributed by atoms with Crippen LogP contribution in [-0.4, -0.2) is 15.7 Å². The van der Waals surface area contributed by atoms with Crippen molar-refractivity contribution in [3.8, 4) is 28.2 Å². The zero-order valence-electron chi connectivity index (χ0n) is 19.1. The molecule has 0 bridgehead atoms. The van der Waals surface area contributed by atoms with E-state index in [1.54, 1.807) is 18.3 Å². The van der Waals surface area contributed by atoms with Crippen molar-refractivity contribution in [1.82, 2.24) is 4.57 Å². The lowest BCUT2D eigenvalue weighted by Crippen LogP contribution is -2.00. The van der Waals surface area contributed by atoms with Crippen molar-refractivity contribution in [1.29, 1.82) is 0 Å². The first-order chi connectivity index (χ1) is 17.6. The summed E-state index contributed by atoms with van der Waals surface area (Å²) in [5.41, 5.74) is 9.82. The number of hydrogen-bond acceptors (Lipinski definition) is 4. The molecular weight excluding hydrogens is 516 g/mol. The molecule has 176 valence electrons. The number of nitrogens with one attached hydrogen (secondary N) is 1. The Bertz CT molecular complexity index is 1510. The molecule has 6 nitrogen and oxygen atoms in total. The second-order valence-electron chi connectivity index (χ2n) is 8.05. The van der Waals surface area contributed by atoms with Crippen LogP contribution in [0.4, 0.5) is 11.4 Å². The summed E-state index contributed by atoms with van der Waals surface area (Å²) in [4.78, 5) is 10.5. The molecule has 0 aliphatic rings. The summed E-state index contributed by atoms with van der Waals surface area (Å²) >= 11 is 3.54. The standard InChI is InChI=1S/C29H21BrN4O2/c30-24-11-15-26(16-12-24)33-28(21-7-3-1-4-8-21)19-23(29(33)22-9-5-2-6-10-22)20-31-32-25-13-17-27(18-14-25)34(35)36/h1-20,32H/b31-20+. The zero-order valence-corrected chi connectivity index (χ0v) is 20.7. The Morgan fingerprint density at radius 1 is 0.806 bits per heavy atom. The lowest BCUT2D eigenvalue weighted by Gasteiger charge is -2.15. The number of hydrazone groups is 1. The molecule has 1 aromatic heterocycles. The fourth-order valence-corrected chi connectivity index (χ4v) is 4.30. The minimum absolute atomic E-state index is 0.0370. The van der Waals surface area contributed by atoms with Gasteiger partial charge in [-0.2, -0.15) is 5.10 Å². The molecule has 0 saturated heterocycles. The first kappa shape index (κ1) is 23.3. The maximum absolute atomic E-state index is 10.9. The van der Waals surface area contributed by atoms with Crippen LogP contribution < -0.4 is 5.43 Å². The van der Waals surface area contributed by atoms with Crippen molar-refractivity contribution < 1.29 is 4.92 Å². The van der Waals surface area contributed by atoms with Crippen LogP contribution in [0.1, 0.15) is 5.56 Å². The Balaban J connectivity index is 1.63. The summed E-state index contributed by atoms with van der Waals surface area (Å²) in [6, 6.07) is 37.0. The quantitative estimate of drug-likeness (QED) is 0.130. The van der Waals surface area contributed by atoms with Gasteiger partial charge in [-0.15, -0.1) is 0 Å². The highest BCUT2D eigenvalue weighted by molar-refractivity contribution is 9.10. The number of nitrogens with zero attached hydrogens (tertiary/aromatic N) is 3. The molecular formula is C29H21BrN4O2. The van der Waals surface area contributed by atoms with Gasteiger partial charge >= 0.3 is 0 Å². The number of hydrogen-bond donors (Lipinski definition) is 1. The molecule has 1 N–H and O–H groups in total. The monoisotopic (exact) mass is 536 g/mol. The molecule has 0 saturated carbocycles. The zero-order chi connectivity index (χ0) is 24.9. The number of non-ortho nitro benzene ring substituents is 1. The van der Waals surface area contributed by atoms with E-state index in [1.807, 2.05) is 48.5 Å². The fourth-order valence-electron chi connectivity index (χ4n) is 4.03. The maximum atomic E-state index is 10.9. The Morgan fingerprint density at radius 2 is 1.42 bits per heavy atom. The van der Waals surface area contributed by atoms with E-state index in [0.717, 1.165) is 38.2 Å². The van der Waals surface area contributed by atoms with Crippen molar-refractivity contribution >= 4 is 33.5 Å². The van der Waals surface area contributed by atoms with E-state index in [2.05, 4.69) is 73.5 Å². The normalized spacial score (nSPS) is 11.0. The summed E-state index contributed by atoms with van der Waals surface area (Å²) in [5.74, 6) is 0. The molecule has 36 heavy (non-hydrogen) atoms. The van der Waals surface area contributed by atoms with Crippen LogP contribution in [0.2, 0.25) is 0 Å². The second kappa shape index (κ2) is 10.4. The van der Waals surface area contributed by atoms with Gasteiger partial charge in [-0.25, -0.2) is 0 Å². The number of anilines is 1. The third-order valence-corrected chi connectivity index (χ3v) is 6.24. The highest BCUT2D eigenvalue weighted by atomic mass is 79.9. The molecule has 4 aromatic carbocycles. The van der Waals surface area contributed by atoms with Crippen LogP contribution in [0.15, 0.2) is 125 Å². The second-order valence-corrected chi connectivity index (χ2v) is 8.97. The Labute approximate surface area is 216 Å². The Hall–Kier alpha value is -4.49. The van der Waals surface area contributed by atoms with E-state index in [4.69, 9.17) is 0 Å². The molecule has 5 rings (SSSR count). The van der Waals surface area contributed by atoms with Gasteiger partial charge in [0.05, 0.1) is 28.2 Å². The van der Waals surface area contributed by atoms with Crippen molar-refractivity contribution in [3.05, 3.63) is 135 Å². The summed E-state index contributed by atoms with van der Waals surface area (Å²) < 4.78 is 3.25. The first-order valence-corrected chi connectivity index (χ1v) is 12.1. The fraction of sp³-hybridized carbons (Fsp3) is 0. The summed E-state index contributed by atoms with van der Waals surface area (Å²) in [6.07, 6.45) is 1.78. The van der Waals surface area contributed by atoms with Crippen molar-refractivity contribution in [2.24, 2.45) is 5.10 Å². The Kier molecular flexibility index (Phi) is 6.73. The topological polar surface area (TPSA) is 72.5 Å². The van der Waals surface area contributed by atoms with E-state index < -0.39 is 4.92 Å². The molecule has 0 amide bonds. The lowest BCUT2D eigenvalue weighted by molar-refractivity contribution is -0.384. The molecule has 0 spiro atoms. The summed E-state index contributed by atoms with van der Waals surface area (Å²) in [7, 11) is 0. The van der Waals surface area contributed by atoms with Crippen molar-refractivity contribution in [2.75, 3.05) is 5.43 Å². The highest BCUT2D eigenvalue weighted by Gasteiger charge is 2.18. The number of nitro groups is 1. The molecule has 0 fully saturated rings. The SMILES string of the molecule is O=[N+]([O-])c1ccc(N/N=C/c2cc(-c3ccccc3)n(-c3ccc(Br)cc3)c2-c2ccccc2)cc1. The summed E-state index contributed by atoms with van der Waals surface area (Å²) in [5, 5.41) is 15.4. The highest BCUT2D eigenvalue weighted by Crippen LogP contribution is 2.35. The number of rotatable bonds is 7. The Morgan fingerprint density at radius 3 is 2.03 bits per heavy atom. The molecule has 0 atom stereocenters. The van der Waals surface area contributed by atoms with Gasteiger partial charge in [0, 0.05) is 27.9 Å². The molecule has 0 unspecified atom stereocenters. The minimum atomic E-state index is -0.421. The smallest absolute Gasteiger partial charge is 0.269 e. The van der Waals surface area contributed by atoms with Gasteiger partial charge in [0.1, 0.15) is 0 Å². The van der Waals surface area contributed by atoms with Crippen molar-refractivity contribution in [3.63, 3.8) is 0 Å².